The first-order valence-electron chi connectivity index (χ1n) is 6.31. The summed E-state index contributed by atoms with van der Waals surface area (Å²) in [4.78, 5) is 7.95. The zero-order valence-electron chi connectivity index (χ0n) is 11.1. The summed E-state index contributed by atoms with van der Waals surface area (Å²) in [7, 11) is 0. The van der Waals surface area contributed by atoms with Gasteiger partial charge in [-0.25, -0.2) is 9.37 Å². The Hall–Kier alpha value is -2.17. The van der Waals surface area contributed by atoms with Crippen molar-refractivity contribution >= 4 is 23.2 Å². The first-order valence-corrected chi connectivity index (χ1v) is 7.07. The van der Waals surface area contributed by atoms with Gasteiger partial charge in [0.2, 0.25) is 0 Å². The van der Waals surface area contributed by atoms with Crippen LogP contribution in [-0.2, 0) is 0 Å². The van der Waals surface area contributed by atoms with E-state index >= 15 is 0 Å². The van der Waals surface area contributed by atoms with Gasteiger partial charge in [0.1, 0.15) is 5.82 Å². The maximum atomic E-state index is 14.0. The minimum atomic E-state index is -0.473. The van der Waals surface area contributed by atoms with Crippen LogP contribution >= 0.6 is 23.2 Å². The average molecular weight is 335 g/mol. The molecule has 22 heavy (non-hydrogen) atoms. The third-order valence-electron chi connectivity index (χ3n) is 3.15. The molecule has 0 aliphatic carbocycles. The van der Waals surface area contributed by atoms with E-state index < -0.39 is 5.82 Å². The number of aromatic nitrogens is 2. The lowest BCUT2D eigenvalue weighted by Crippen LogP contribution is -1.92. The molecule has 2 heterocycles. The summed E-state index contributed by atoms with van der Waals surface area (Å²) < 4.78 is 14.0. The third kappa shape index (κ3) is 2.75. The van der Waals surface area contributed by atoms with E-state index in [0.29, 0.717) is 16.1 Å². The molecule has 0 saturated heterocycles. The molecule has 1 N–H and O–H groups in total. The number of rotatable bonds is 2. The van der Waals surface area contributed by atoms with Gasteiger partial charge in [-0.3, -0.25) is 4.98 Å². The van der Waals surface area contributed by atoms with Gasteiger partial charge in [-0.1, -0.05) is 23.2 Å². The summed E-state index contributed by atoms with van der Waals surface area (Å²) >= 11 is 11.9. The van der Waals surface area contributed by atoms with Crippen LogP contribution in [0.2, 0.25) is 10.2 Å². The minimum absolute atomic E-state index is 0.108. The Morgan fingerprint density at radius 1 is 0.955 bits per heavy atom. The lowest BCUT2D eigenvalue weighted by Gasteiger charge is -2.10. The fourth-order valence-electron chi connectivity index (χ4n) is 2.09. The van der Waals surface area contributed by atoms with E-state index in [0.717, 1.165) is 0 Å². The van der Waals surface area contributed by atoms with Gasteiger partial charge in [-0.05, 0) is 42.0 Å². The Balaban J connectivity index is 2.23. The van der Waals surface area contributed by atoms with Crippen LogP contribution in [0.25, 0.3) is 22.4 Å². The summed E-state index contributed by atoms with van der Waals surface area (Å²) in [6.45, 7) is 0. The number of hydrogen-bond donors (Lipinski definition) is 1. The Bertz CT molecular complexity index is 841. The zero-order valence-corrected chi connectivity index (χ0v) is 12.6. The van der Waals surface area contributed by atoms with Crippen LogP contribution in [0.4, 0.5) is 4.39 Å². The minimum Gasteiger partial charge on any atom is -0.504 e. The van der Waals surface area contributed by atoms with Crippen molar-refractivity contribution in [3.63, 3.8) is 0 Å². The van der Waals surface area contributed by atoms with Crippen molar-refractivity contribution in [2.45, 2.75) is 0 Å². The highest BCUT2D eigenvalue weighted by molar-refractivity contribution is 6.31. The lowest BCUT2D eigenvalue weighted by molar-refractivity contribution is 0.475. The monoisotopic (exact) mass is 334 g/mol. The van der Waals surface area contributed by atoms with Crippen LogP contribution in [0.15, 0.2) is 48.8 Å². The van der Waals surface area contributed by atoms with Gasteiger partial charge in [0.05, 0.1) is 5.69 Å². The van der Waals surface area contributed by atoms with E-state index in [9.17, 15) is 9.50 Å². The molecule has 0 radical (unpaired) electrons. The smallest absolute Gasteiger partial charge is 0.172 e. The topological polar surface area (TPSA) is 46.0 Å². The number of benzene rings is 1. The molecule has 0 fully saturated rings. The molecule has 0 amide bonds. The molecule has 0 aliphatic rings. The fourth-order valence-corrected chi connectivity index (χ4v) is 2.46. The number of hydrogen-bond acceptors (Lipinski definition) is 3. The van der Waals surface area contributed by atoms with Crippen molar-refractivity contribution in [2.75, 3.05) is 0 Å². The number of halogens is 3. The van der Waals surface area contributed by atoms with Gasteiger partial charge in [0.25, 0.3) is 0 Å². The highest BCUT2D eigenvalue weighted by atomic mass is 35.5. The normalized spacial score (nSPS) is 10.7. The maximum absolute atomic E-state index is 14.0. The van der Waals surface area contributed by atoms with Gasteiger partial charge in [0.15, 0.2) is 10.9 Å². The predicted octanol–water partition coefficient (Wildman–Crippen LogP) is 4.96. The van der Waals surface area contributed by atoms with Crippen LogP contribution in [0, 0.1) is 5.82 Å². The predicted molar refractivity (Wildman–Crippen MR) is 84.5 cm³/mol. The molecule has 3 nitrogen and oxygen atoms in total. The number of aromatic hydroxyl groups is 1. The van der Waals surface area contributed by atoms with Gasteiger partial charge < -0.3 is 5.11 Å². The Morgan fingerprint density at radius 3 is 2.41 bits per heavy atom. The Labute approximate surface area is 136 Å². The number of pyridine rings is 2. The van der Waals surface area contributed by atoms with E-state index in [4.69, 9.17) is 23.2 Å². The summed E-state index contributed by atoms with van der Waals surface area (Å²) in [6.07, 6.45) is 3.17. The molecule has 2 aromatic heterocycles. The van der Waals surface area contributed by atoms with Crippen LogP contribution in [0.3, 0.4) is 0 Å². The Morgan fingerprint density at radius 2 is 1.68 bits per heavy atom. The molecule has 3 rings (SSSR count). The first-order chi connectivity index (χ1) is 10.6. The van der Waals surface area contributed by atoms with E-state index in [1.165, 1.54) is 18.2 Å². The molecular formula is C16H9Cl2FN2O. The molecule has 0 spiro atoms. The Kier molecular flexibility index (Phi) is 3.96. The summed E-state index contributed by atoms with van der Waals surface area (Å²) in [5, 5.41) is 10.4. The van der Waals surface area contributed by atoms with Gasteiger partial charge in [-0.2, -0.15) is 0 Å². The summed E-state index contributed by atoms with van der Waals surface area (Å²) in [5.41, 5.74) is 1.64. The molecule has 0 unspecified atom stereocenters. The molecule has 6 heteroatoms. The van der Waals surface area contributed by atoms with E-state index in [1.807, 2.05) is 0 Å². The quantitative estimate of drug-likeness (QED) is 0.673. The van der Waals surface area contributed by atoms with Crippen molar-refractivity contribution < 1.29 is 9.50 Å². The van der Waals surface area contributed by atoms with Crippen molar-refractivity contribution in [2.24, 2.45) is 0 Å². The standard InChI is InChI=1S/C16H9Cl2FN2O/c17-10-1-2-13(19)12(7-10)14-8-11(15(22)16(18)21-14)9-3-5-20-6-4-9/h1-8,22H. The van der Waals surface area contributed by atoms with E-state index in [-0.39, 0.29) is 22.2 Å². The molecule has 0 aliphatic heterocycles. The first kappa shape index (κ1) is 14.8. The van der Waals surface area contributed by atoms with Crippen molar-refractivity contribution in [3.8, 4) is 28.1 Å². The van der Waals surface area contributed by atoms with Gasteiger partial charge in [0, 0.05) is 28.5 Å². The van der Waals surface area contributed by atoms with Crippen molar-refractivity contribution in [1.82, 2.24) is 9.97 Å². The largest absolute Gasteiger partial charge is 0.504 e. The molecule has 3 aromatic rings. The second-order valence-electron chi connectivity index (χ2n) is 4.55. The average Bonchev–Trinajstić information content (AvgIpc) is 2.53. The molecule has 0 atom stereocenters. The van der Waals surface area contributed by atoms with E-state index in [2.05, 4.69) is 9.97 Å². The summed E-state index contributed by atoms with van der Waals surface area (Å²) in [6, 6.07) is 9.15. The van der Waals surface area contributed by atoms with Crippen LogP contribution in [0.5, 0.6) is 5.75 Å². The third-order valence-corrected chi connectivity index (χ3v) is 3.64. The lowest BCUT2D eigenvalue weighted by atomic mass is 10.0. The van der Waals surface area contributed by atoms with Crippen LogP contribution in [-0.4, -0.2) is 15.1 Å². The zero-order chi connectivity index (χ0) is 15.7. The van der Waals surface area contributed by atoms with E-state index in [1.54, 1.807) is 30.6 Å². The fraction of sp³-hybridized carbons (Fsp3) is 0. The molecular weight excluding hydrogens is 326 g/mol. The SMILES string of the molecule is Oc1c(-c2ccncc2)cc(-c2cc(Cl)ccc2F)nc1Cl. The second-order valence-corrected chi connectivity index (χ2v) is 5.35. The molecule has 1 aromatic carbocycles. The number of nitrogens with zero attached hydrogens (tertiary/aromatic N) is 2. The summed E-state index contributed by atoms with van der Waals surface area (Å²) in [5.74, 6) is -0.640. The molecule has 0 bridgehead atoms. The second kappa shape index (κ2) is 5.91. The molecule has 0 saturated carbocycles. The maximum Gasteiger partial charge on any atom is 0.172 e. The van der Waals surface area contributed by atoms with Crippen LogP contribution < -0.4 is 0 Å². The van der Waals surface area contributed by atoms with Crippen LogP contribution in [0.1, 0.15) is 0 Å². The van der Waals surface area contributed by atoms with Gasteiger partial charge >= 0.3 is 0 Å². The van der Waals surface area contributed by atoms with Crippen molar-refractivity contribution in [3.05, 3.63) is 64.8 Å². The van der Waals surface area contributed by atoms with Crippen molar-refractivity contribution in [1.29, 1.82) is 0 Å². The highest BCUT2D eigenvalue weighted by Gasteiger charge is 2.15. The molecule has 110 valence electrons. The highest BCUT2D eigenvalue weighted by Crippen LogP contribution is 2.37. The van der Waals surface area contributed by atoms with Gasteiger partial charge in [-0.15, -0.1) is 0 Å².